The molecule has 0 atom stereocenters. The van der Waals surface area contributed by atoms with Crippen molar-refractivity contribution in [2.75, 3.05) is 18.6 Å². The SMILES string of the molecule is C=C(C)c1c(C(=O)OC)c2cc(N3CCCc4cc(-c5cnn(C)c5)c(C(F)F)cc43)ccc2n1C. The van der Waals surface area contributed by atoms with Crippen molar-refractivity contribution in [1.82, 2.24) is 14.3 Å². The van der Waals surface area contributed by atoms with Crippen molar-refractivity contribution in [3.63, 3.8) is 0 Å². The van der Waals surface area contributed by atoms with Gasteiger partial charge in [0.25, 0.3) is 6.43 Å². The number of rotatable bonds is 5. The van der Waals surface area contributed by atoms with Crippen LogP contribution in [0.4, 0.5) is 20.2 Å². The molecule has 0 bridgehead atoms. The van der Waals surface area contributed by atoms with Gasteiger partial charge in [-0.15, -0.1) is 0 Å². The first-order chi connectivity index (χ1) is 17.2. The first-order valence-electron chi connectivity index (χ1n) is 11.8. The van der Waals surface area contributed by atoms with Crippen molar-refractivity contribution in [3.8, 4) is 11.1 Å². The van der Waals surface area contributed by atoms with Crippen LogP contribution in [-0.4, -0.2) is 34.0 Å². The number of aromatic nitrogens is 3. The summed E-state index contributed by atoms with van der Waals surface area (Å²) in [5.74, 6) is -0.434. The maximum absolute atomic E-state index is 14.2. The van der Waals surface area contributed by atoms with Gasteiger partial charge in [0.1, 0.15) is 0 Å². The van der Waals surface area contributed by atoms with Gasteiger partial charge in [0.15, 0.2) is 0 Å². The second-order valence-corrected chi connectivity index (χ2v) is 9.28. The molecule has 2 aromatic carbocycles. The maximum atomic E-state index is 14.2. The van der Waals surface area contributed by atoms with E-state index in [4.69, 9.17) is 4.74 Å². The van der Waals surface area contributed by atoms with Crippen LogP contribution in [0.3, 0.4) is 0 Å². The molecule has 1 aliphatic rings. The lowest BCUT2D eigenvalue weighted by atomic mass is 9.92. The summed E-state index contributed by atoms with van der Waals surface area (Å²) in [6.45, 7) is 6.58. The molecule has 4 aromatic rings. The van der Waals surface area contributed by atoms with Gasteiger partial charge >= 0.3 is 5.97 Å². The molecule has 0 aliphatic carbocycles. The van der Waals surface area contributed by atoms with Gasteiger partial charge in [-0.05, 0) is 66.8 Å². The van der Waals surface area contributed by atoms with Gasteiger partial charge in [0, 0.05) is 60.2 Å². The lowest BCUT2D eigenvalue weighted by molar-refractivity contribution is 0.0602. The van der Waals surface area contributed by atoms with Crippen LogP contribution in [-0.2, 0) is 25.3 Å². The number of nitrogens with zero attached hydrogens (tertiary/aromatic N) is 4. The highest BCUT2D eigenvalue weighted by Gasteiger charge is 2.27. The lowest BCUT2D eigenvalue weighted by Gasteiger charge is -2.32. The fourth-order valence-electron chi connectivity index (χ4n) is 5.32. The molecular weight excluding hydrogens is 462 g/mol. The summed E-state index contributed by atoms with van der Waals surface area (Å²) >= 11 is 0. The molecule has 5 rings (SSSR count). The van der Waals surface area contributed by atoms with Crippen LogP contribution in [0.25, 0.3) is 27.6 Å². The quantitative estimate of drug-likeness (QED) is 0.303. The van der Waals surface area contributed by atoms with Gasteiger partial charge < -0.3 is 14.2 Å². The minimum Gasteiger partial charge on any atom is -0.465 e. The first-order valence-corrected chi connectivity index (χ1v) is 11.8. The van der Waals surface area contributed by atoms with Crippen molar-refractivity contribution < 1.29 is 18.3 Å². The number of hydrogen-bond donors (Lipinski definition) is 0. The third-order valence-corrected chi connectivity index (χ3v) is 6.91. The van der Waals surface area contributed by atoms with Crippen LogP contribution in [0.1, 0.15) is 46.9 Å². The minimum atomic E-state index is -2.63. The van der Waals surface area contributed by atoms with Crippen molar-refractivity contribution in [2.45, 2.75) is 26.2 Å². The Morgan fingerprint density at radius 2 is 1.97 bits per heavy atom. The summed E-state index contributed by atoms with van der Waals surface area (Å²) in [6.07, 6.45) is 2.41. The molecule has 0 unspecified atom stereocenters. The number of anilines is 2. The van der Waals surface area contributed by atoms with Gasteiger partial charge in [-0.3, -0.25) is 4.68 Å². The van der Waals surface area contributed by atoms with Gasteiger partial charge in [0.2, 0.25) is 0 Å². The molecular formula is C28H28F2N4O2. The van der Waals surface area contributed by atoms with Gasteiger partial charge in [-0.1, -0.05) is 6.58 Å². The Kier molecular flexibility index (Phi) is 5.90. The number of esters is 1. The number of methoxy groups -OCH3 is 1. The van der Waals surface area contributed by atoms with Gasteiger partial charge in [-0.25, -0.2) is 13.6 Å². The van der Waals surface area contributed by atoms with Crippen LogP contribution < -0.4 is 4.90 Å². The largest absolute Gasteiger partial charge is 0.465 e. The monoisotopic (exact) mass is 490 g/mol. The van der Waals surface area contributed by atoms with E-state index in [-0.39, 0.29) is 5.56 Å². The summed E-state index contributed by atoms with van der Waals surface area (Å²) < 4.78 is 37.1. The number of benzene rings is 2. The van der Waals surface area contributed by atoms with Crippen LogP contribution in [0.2, 0.25) is 0 Å². The number of aryl methyl sites for hydroxylation is 3. The second kappa shape index (κ2) is 8.93. The molecule has 0 N–H and O–H groups in total. The van der Waals surface area contributed by atoms with Crippen molar-refractivity contribution in [3.05, 3.63) is 71.7 Å². The predicted octanol–water partition coefficient (Wildman–Crippen LogP) is 6.42. The van der Waals surface area contributed by atoms with Gasteiger partial charge in [0.05, 0.1) is 24.6 Å². The van der Waals surface area contributed by atoms with E-state index in [1.807, 2.05) is 42.8 Å². The molecule has 6 nitrogen and oxygen atoms in total. The average molecular weight is 491 g/mol. The van der Waals surface area contributed by atoms with E-state index in [2.05, 4.69) is 16.6 Å². The van der Waals surface area contributed by atoms with E-state index in [9.17, 15) is 13.6 Å². The molecule has 0 saturated carbocycles. The Balaban J connectivity index is 1.68. The van der Waals surface area contributed by atoms with Gasteiger partial charge in [-0.2, -0.15) is 5.10 Å². The van der Waals surface area contributed by atoms with Crippen LogP contribution >= 0.6 is 0 Å². The van der Waals surface area contributed by atoms with Crippen LogP contribution in [0, 0.1) is 0 Å². The maximum Gasteiger partial charge on any atom is 0.340 e. The Morgan fingerprint density at radius 1 is 1.19 bits per heavy atom. The summed E-state index contributed by atoms with van der Waals surface area (Å²) in [5.41, 5.74) is 6.57. The molecule has 0 amide bonds. The molecule has 0 spiro atoms. The van der Waals surface area contributed by atoms with E-state index >= 15 is 0 Å². The number of alkyl halides is 2. The number of halogens is 2. The van der Waals surface area contributed by atoms with E-state index in [0.717, 1.165) is 46.3 Å². The number of ether oxygens (including phenoxy) is 1. The molecule has 2 aromatic heterocycles. The average Bonchev–Trinajstić information content (AvgIpc) is 3.42. The fraction of sp³-hybridized carbons (Fsp3) is 0.286. The molecule has 36 heavy (non-hydrogen) atoms. The third kappa shape index (κ3) is 3.77. The molecule has 8 heteroatoms. The Labute approximate surface area is 208 Å². The lowest BCUT2D eigenvalue weighted by Crippen LogP contribution is -2.25. The second-order valence-electron chi connectivity index (χ2n) is 9.28. The highest BCUT2D eigenvalue weighted by Crippen LogP contribution is 2.42. The summed E-state index contributed by atoms with van der Waals surface area (Å²) in [4.78, 5) is 14.8. The van der Waals surface area contributed by atoms with E-state index in [1.54, 1.807) is 30.2 Å². The smallest absolute Gasteiger partial charge is 0.340 e. The van der Waals surface area contributed by atoms with E-state index < -0.39 is 12.4 Å². The third-order valence-electron chi connectivity index (χ3n) is 6.91. The number of carbonyl (C=O) groups excluding carboxylic acids is 1. The summed E-state index contributed by atoms with van der Waals surface area (Å²) in [6, 6.07) is 9.35. The molecule has 0 radical (unpaired) electrons. The minimum absolute atomic E-state index is 0.0192. The number of fused-ring (bicyclic) bond motifs is 2. The number of hydrogen-bond acceptors (Lipinski definition) is 4. The highest BCUT2D eigenvalue weighted by atomic mass is 19.3. The Hall–Kier alpha value is -3.94. The zero-order valence-electron chi connectivity index (χ0n) is 20.8. The van der Waals surface area contributed by atoms with E-state index in [0.29, 0.717) is 28.9 Å². The molecule has 3 heterocycles. The fourth-order valence-corrected chi connectivity index (χ4v) is 5.32. The molecule has 1 aliphatic heterocycles. The Morgan fingerprint density at radius 3 is 2.61 bits per heavy atom. The predicted molar refractivity (Wildman–Crippen MR) is 138 cm³/mol. The first kappa shape index (κ1) is 23.8. The topological polar surface area (TPSA) is 52.3 Å². The van der Waals surface area contributed by atoms with Crippen LogP contribution in [0.5, 0.6) is 0 Å². The number of allylic oxidation sites excluding steroid dienone is 1. The van der Waals surface area contributed by atoms with Crippen molar-refractivity contribution in [1.29, 1.82) is 0 Å². The molecule has 186 valence electrons. The molecule has 0 saturated heterocycles. The van der Waals surface area contributed by atoms with E-state index in [1.165, 1.54) is 7.11 Å². The molecule has 0 fully saturated rings. The standard InChI is InChI=1S/C28H28F2N4O2/c1-16(2)26-25(28(35)36-5)22-12-19(8-9-23(22)33(26)4)34-10-6-7-17-11-20(18-14-31-32(3)15-18)21(27(29)30)13-24(17)34/h8-9,11-15,27H,1,6-7,10H2,2-5H3. The van der Waals surface area contributed by atoms with Crippen LogP contribution in [0.15, 0.2) is 49.3 Å². The zero-order valence-corrected chi connectivity index (χ0v) is 20.8. The highest BCUT2D eigenvalue weighted by molar-refractivity contribution is 6.09. The van der Waals surface area contributed by atoms with Crippen molar-refractivity contribution >= 4 is 33.8 Å². The summed E-state index contributed by atoms with van der Waals surface area (Å²) in [7, 11) is 5.02. The number of carbonyl (C=O) groups is 1. The normalized spacial score (nSPS) is 13.4. The van der Waals surface area contributed by atoms with Crippen molar-refractivity contribution in [2.24, 2.45) is 14.1 Å². The zero-order chi connectivity index (χ0) is 25.7. The summed E-state index contributed by atoms with van der Waals surface area (Å²) in [5, 5.41) is 4.91. The Bertz CT molecular complexity index is 1520.